The monoisotopic (exact) mass is 742 g/mol. The molecule has 2 fully saturated rings. The van der Waals surface area contributed by atoms with Gasteiger partial charge in [-0.1, -0.05) is 71.7 Å². The number of aromatic nitrogens is 2. The van der Waals surface area contributed by atoms with E-state index in [9.17, 15) is 14.4 Å². The first-order valence-corrected chi connectivity index (χ1v) is 17.9. The van der Waals surface area contributed by atoms with Crippen molar-refractivity contribution < 1.29 is 18.7 Å². The molecule has 10 nitrogen and oxygen atoms in total. The molecule has 2 aromatic heterocycles. The van der Waals surface area contributed by atoms with E-state index in [1.807, 2.05) is 36.4 Å². The van der Waals surface area contributed by atoms with Crippen LogP contribution in [0.25, 0.3) is 39.0 Å². The number of ether oxygens (including phenoxy) is 1. The Hall–Kier alpha value is -4.81. The Morgan fingerprint density at radius 3 is 1.98 bits per heavy atom. The molecule has 4 heterocycles. The molecule has 0 radical (unpaired) electrons. The lowest BCUT2D eigenvalue weighted by Crippen LogP contribution is -2.36. The predicted molar refractivity (Wildman–Crippen MR) is 200 cm³/mol. The van der Waals surface area contributed by atoms with E-state index < -0.39 is 5.82 Å². The minimum atomic E-state index is -0.532. The second kappa shape index (κ2) is 15.4. The van der Waals surface area contributed by atoms with Crippen LogP contribution in [0.15, 0.2) is 77.9 Å². The highest BCUT2D eigenvalue weighted by atomic mass is 35.5. The number of amides is 2. The molecular formula is C39H37Cl2FN6O4. The molecule has 2 amide bonds. The van der Waals surface area contributed by atoms with Gasteiger partial charge in [-0.2, -0.15) is 0 Å². The van der Waals surface area contributed by atoms with Gasteiger partial charge in [0.25, 0.3) is 5.56 Å². The quantitative estimate of drug-likeness (QED) is 0.126. The third-order valence-corrected chi connectivity index (χ3v) is 10.4. The fraction of sp³-hybridized carbons (Fsp3) is 0.282. The smallest absolute Gasteiger partial charge is 0.262 e. The van der Waals surface area contributed by atoms with Crippen LogP contribution in [0.1, 0.15) is 36.8 Å². The summed E-state index contributed by atoms with van der Waals surface area (Å²) < 4.78 is 23.1. The van der Waals surface area contributed by atoms with E-state index in [1.54, 1.807) is 36.7 Å². The number of benzene rings is 3. The lowest BCUT2D eigenvalue weighted by Gasteiger charge is -2.17. The van der Waals surface area contributed by atoms with Crippen molar-refractivity contribution >= 4 is 40.7 Å². The van der Waals surface area contributed by atoms with Gasteiger partial charge in [0, 0.05) is 102 Å². The van der Waals surface area contributed by atoms with Crippen molar-refractivity contribution in [3.05, 3.63) is 110 Å². The summed E-state index contributed by atoms with van der Waals surface area (Å²) in [6, 6.07) is 18.2. The summed E-state index contributed by atoms with van der Waals surface area (Å²) in [4.78, 5) is 40.8. The molecule has 3 aromatic carbocycles. The van der Waals surface area contributed by atoms with Crippen LogP contribution in [0.5, 0.6) is 5.75 Å². The zero-order chi connectivity index (χ0) is 36.4. The zero-order valence-corrected chi connectivity index (χ0v) is 29.9. The summed E-state index contributed by atoms with van der Waals surface area (Å²) in [7, 11) is 1.43. The molecule has 7 rings (SSSR count). The maximum atomic E-state index is 16.1. The van der Waals surface area contributed by atoms with Crippen molar-refractivity contribution in [2.75, 3.05) is 20.2 Å². The van der Waals surface area contributed by atoms with Crippen LogP contribution in [0.2, 0.25) is 10.0 Å². The second-order valence-electron chi connectivity index (χ2n) is 13.1. The van der Waals surface area contributed by atoms with Gasteiger partial charge in [-0.05, 0) is 30.5 Å². The highest BCUT2D eigenvalue weighted by Crippen LogP contribution is 2.44. The van der Waals surface area contributed by atoms with Gasteiger partial charge in [-0.15, -0.1) is 0 Å². The molecule has 13 heteroatoms. The molecule has 0 unspecified atom stereocenters. The number of fused-ring (bicyclic) bond motifs is 1. The summed E-state index contributed by atoms with van der Waals surface area (Å²) in [5.74, 6) is -0.319. The molecule has 0 bridgehead atoms. The van der Waals surface area contributed by atoms with E-state index in [2.05, 4.69) is 26.3 Å². The van der Waals surface area contributed by atoms with Crippen LogP contribution in [-0.4, -0.2) is 53.5 Å². The number of nitrogens with one attached hydrogen (secondary N) is 4. The summed E-state index contributed by atoms with van der Waals surface area (Å²) >= 11 is 14.1. The van der Waals surface area contributed by atoms with Crippen LogP contribution >= 0.6 is 23.2 Å². The number of nitrogens with zero attached hydrogens (tertiary/aromatic N) is 2. The van der Waals surface area contributed by atoms with Gasteiger partial charge in [0.1, 0.15) is 5.65 Å². The summed E-state index contributed by atoms with van der Waals surface area (Å²) in [6.45, 7) is 1.84. The lowest BCUT2D eigenvalue weighted by atomic mass is 9.95. The highest BCUT2D eigenvalue weighted by Gasteiger charge is 2.23. The van der Waals surface area contributed by atoms with Crippen molar-refractivity contribution in [2.24, 2.45) is 0 Å². The maximum absolute atomic E-state index is 16.1. The average Bonchev–Trinajstić information content (AvgIpc) is 3.76. The lowest BCUT2D eigenvalue weighted by molar-refractivity contribution is -0.120. The first-order chi connectivity index (χ1) is 25.2. The van der Waals surface area contributed by atoms with Gasteiger partial charge >= 0.3 is 0 Å². The third kappa shape index (κ3) is 7.27. The zero-order valence-electron chi connectivity index (χ0n) is 28.4. The second-order valence-corrected chi connectivity index (χ2v) is 13.8. The van der Waals surface area contributed by atoms with E-state index in [0.717, 1.165) is 18.4 Å². The van der Waals surface area contributed by atoms with Crippen LogP contribution in [-0.2, 0) is 22.7 Å². The van der Waals surface area contributed by atoms with E-state index in [0.29, 0.717) is 88.1 Å². The van der Waals surface area contributed by atoms with Crippen molar-refractivity contribution in [2.45, 2.75) is 50.9 Å². The van der Waals surface area contributed by atoms with E-state index in [-0.39, 0.29) is 40.8 Å². The molecule has 4 N–H and O–H groups in total. The molecular weight excluding hydrogens is 706 g/mol. The summed E-state index contributed by atoms with van der Waals surface area (Å²) in [5, 5.41) is 13.1. The van der Waals surface area contributed by atoms with Crippen LogP contribution in [0.3, 0.4) is 0 Å². The number of halogens is 3. The van der Waals surface area contributed by atoms with Crippen LogP contribution in [0, 0.1) is 5.82 Å². The Balaban J connectivity index is 1.12. The Morgan fingerprint density at radius 1 is 0.808 bits per heavy atom. The third-order valence-electron chi connectivity index (χ3n) is 9.63. The number of carbonyl (C=O) groups excluding carboxylic acids is 2. The molecule has 0 spiro atoms. The van der Waals surface area contributed by atoms with Crippen molar-refractivity contribution in [3.63, 3.8) is 0 Å². The average molecular weight is 744 g/mol. The number of methoxy groups -OCH3 is 1. The molecule has 2 aliphatic heterocycles. The largest absolute Gasteiger partial charge is 0.493 e. The molecule has 5 aromatic rings. The van der Waals surface area contributed by atoms with E-state index >= 15 is 4.39 Å². The number of hydrogen-bond donors (Lipinski definition) is 4. The van der Waals surface area contributed by atoms with Crippen molar-refractivity contribution in [3.8, 4) is 39.1 Å². The Labute approximate surface area is 309 Å². The number of carbonyl (C=O) groups is 2. The van der Waals surface area contributed by atoms with E-state index in [4.69, 9.17) is 27.9 Å². The minimum absolute atomic E-state index is 0.0450. The first kappa shape index (κ1) is 35.6. The van der Waals surface area contributed by atoms with Crippen LogP contribution < -0.4 is 31.6 Å². The minimum Gasteiger partial charge on any atom is -0.493 e. The standard InChI is InChI=1S/C39H37Cl2FN6O4/c1-52-38-23(17-43-20-25-9-12-33(49)46-25)8-11-31(37(38)42)30-7-3-6-29(36(30)41)28-5-2-4-27(35(28)40)22-14-15-48-32(16-22)45-19-24(39(48)51)18-44-21-26-10-13-34(50)47-26/h2-8,11,14-16,19,25-26,43-44H,9-10,12-13,17-18,20-21H2,1H3,(H,46,49)(H,47,50)/t25-,26+/m1/s1. The maximum Gasteiger partial charge on any atom is 0.262 e. The number of pyridine rings is 1. The number of hydrogen-bond acceptors (Lipinski definition) is 7. The van der Waals surface area contributed by atoms with Gasteiger partial charge in [0.2, 0.25) is 11.8 Å². The van der Waals surface area contributed by atoms with Gasteiger partial charge < -0.3 is 26.0 Å². The van der Waals surface area contributed by atoms with Gasteiger partial charge in [0.05, 0.1) is 17.2 Å². The Kier molecular flexibility index (Phi) is 10.6. The topological polar surface area (TPSA) is 126 Å². The molecule has 2 saturated heterocycles. The summed E-state index contributed by atoms with van der Waals surface area (Å²) in [6.07, 6.45) is 5.83. The van der Waals surface area contributed by atoms with Gasteiger partial charge in [-0.25, -0.2) is 9.37 Å². The molecule has 0 saturated carbocycles. The SMILES string of the molecule is COc1c(CNC[C@H]2CCC(=O)N2)ccc(-c2cccc(-c3cccc(-c4ccn5c(=O)c(CNC[C@@H]6CCC(=O)N6)cnc5c4)c3Cl)c2Cl)c1F. The molecule has 268 valence electrons. The van der Waals surface area contributed by atoms with Crippen molar-refractivity contribution in [1.29, 1.82) is 0 Å². The fourth-order valence-corrected chi connectivity index (χ4v) is 7.57. The van der Waals surface area contributed by atoms with Crippen LogP contribution in [0.4, 0.5) is 4.39 Å². The molecule has 2 atom stereocenters. The Morgan fingerprint density at radius 2 is 1.38 bits per heavy atom. The molecule has 52 heavy (non-hydrogen) atoms. The summed E-state index contributed by atoms with van der Waals surface area (Å²) in [5.41, 5.74) is 4.95. The predicted octanol–water partition coefficient (Wildman–Crippen LogP) is 5.89. The number of rotatable bonds is 12. The highest BCUT2D eigenvalue weighted by molar-refractivity contribution is 6.39. The fourth-order valence-electron chi connectivity index (χ4n) is 6.90. The van der Waals surface area contributed by atoms with E-state index in [1.165, 1.54) is 11.5 Å². The Bertz CT molecular complexity index is 2250. The first-order valence-electron chi connectivity index (χ1n) is 17.2. The van der Waals surface area contributed by atoms with Gasteiger partial charge in [-0.3, -0.25) is 18.8 Å². The normalized spacial score (nSPS) is 17.1. The molecule has 2 aliphatic rings. The van der Waals surface area contributed by atoms with Gasteiger partial charge in [0.15, 0.2) is 11.6 Å². The molecule has 0 aliphatic carbocycles. The van der Waals surface area contributed by atoms with Crippen molar-refractivity contribution in [1.82, 2.24) is 30.7 Å².